The van der Waals surface area contributed by atoms with Crippen molar-refractivity contribution in [1.82, 2.24) is 10.2 Å². The second-order valence-corrected chi connectivity index (χ2v) is 8.38. The minimum atomic E-state index is -1.15. The maximum atomic E-state index is 13.5. The first-order valence-corrected chi connectivity index (χ1v) is 10.3. The van der Waals surface area contributed by atoms with Gasteiger partial charge in [-0.15, -0.1) is 0 Å². The molecule has 2 aromatic rings. The third-order valence-corrected chi connectivity index (χ3v) is 5.27. The molecule has 6 heteroatoms. The molecule has 0 spiro atoms. The van der Waals surface area contributed by atoms with Gasteiger partial charge in [-0.2, -0.15) is 0 Å². The van der Waals surface area contributed by atoms with Crippen LogP contribution in [0.4, 0.5) is 10.5 Å². The average Bonchev–Trinajstić information content (AvgIpc) is 2.94. The van der Waals surface area contributed by atoms with Gasteiger partial charge in [-0.1, -0.05) is 62.4 Å². The number of hydrogen-bond acceptors (Lipinski definition) is 3. The number of hydrogen-bond donors (Lipinski definition) is 1. The largest absolute Gasteiger partial charge is 0.325 e. The van der Waals surface area contributed by atoms with Crippen molar-refractivity contribution >= 4 is 23.5 Å². The highest BCUT2D eigenvalue weighted by molar-refractivity contribution is 6.10. The van der Waals surface area contributed by atoms with Gasteiger partial charge in [-0.25, -0.2) is 4.79 Å². The zero-order valence-corrected chi connectivity index (χ0v) is 18.0. The van der Waals surface area contributed by atoms with E-state index in [2.05, 4.69) is 5.32 Å². The number of nitrogens with zero attached hydrogens (tertiary/aromatic N) is 2. The van der Waals surface area contributed by atoms with Gasteiger partial charge >= 0.3 is 6.03 Å². The van der Waals surface area contributed by atoms with Crippen LogP contribution in [-0.4, -0.2) is 35.3 Å². The molecule has 2 aromatic carbocycles. The molecule has 1 N–H and O–H groups in total. The Morgan fingerprint density at radius 1 is 0.967 bits per heavy atom. The van der Waals surface area contributed by atoms with Crippen molar-refractivity contribution in [2.45, 2.75) is 45.7 Å². The van der Waals surface area contributed by atoms with Crippen molar-refractivity contribution in [2.75, 3.05) is 11.4 Å². The fraction of sp³-hybridized carbons (Fsp3) is 0.375. The van der Waals surface area contributed by atoms with Gasteiger partial charge in [-0.3, -0.25) is 14.5 Å². The predicted molar refractivity (Wildman–Crippen MR) is 117 cm³/mol. The van der Waals surface area contributed by atoms with Crippen LogP contribution in [0.15, 0.2) is 60.7 Å². The van der Waals surface area contributed by atoms with Crippen molar-refractivity contribution in [3.63, 3.8) is 0 Å². The zero-order valence-electron chi connectivity index (χ0n) is 18.0. The number of carbonyl (C=O) groups excluding carboxylic acids is 3. The predicted octanol–water partition coefficient (Wildman–Crippen LogP) is 3.92. The molecular formula is C24H29N3O3. The van der Waals surface area contributed by atoms with E-state index in [1.54, 1.807) is 4.90 Å². The number of urea groups is 1. The molecule has 158 valence electrons. The average molecular weight is 408 g/mol. The van der Waals surface area contributed by atoms with Crippen LogP contribution >= 0.6 is 0 Å². The van der Waals surface area contributed by atoms with Gasteiger partial charge in [0.1, 0.15) is 12.1 Å². The quantitative estimate of drug-likeness (QED) is 0.707. The number of carbonyl (C=O) groups is 3. The number of para-hydroxylation sites is 1. The van der Waals surface area contributed by atoms with Crippen molar-refractivity contribution in [3.8, 4) is 0 Å². The Hall–Kier alpha value is -3.15. The molecule has 3 rings (SSSR count). The highest BCUT2D eigenvalue weighted by atomic mass is 16.2. The van der Waals surface area contributed by atoms with Crippen molar-refractivity contribution in [2.24, 2.45) is 5.92 Å². The summed E-state index contributed by atoms with van der Waals surface area (Å²) in [6.45, 7) is 7.53. The van der Waals surface area contributed by atoms with E-state index in [-0.39, 0.29) is 30.3 Å². The Morgan fingerprint density at radius 2 is 1.53 bits per heavy atom. The minimum Gasteiger partial charge on any atom is -0.319 e. The molecule has 0 bridgehead atoms. The van der Waals surface area contributed by atoms with E-state index in [0.717, 1.165) is 16.2 Å². The fourth-order valence-electron chi connectivity index (χ4n) is 4.09. The van der Waals surface area contributed by atoms with Crippen LogP contribution < -0.4 is 10.2 Å². The number of nitrogens with one attached hydrogen (secondary N) is 1. The van der Waals surface area contributed by atoms with E-state index in [1.165, 1.54) is 0 Å². The van der Waals surface area contributed by atoms with Gasteiger partial charge in [0.25, 0.3) is 5.91 Å². The highest BCUT2D eigenvalue weighted by Gasteiger charge is 2.53. The maximum absolute atomic E-state index is 13.5. The van der Waals surface area contributed by atoms with Crippen LogP contribution in [0.1, 0.15) is 39.7 Å². The van der Waals surface area contributed by atoms with Crippen LogP contribution in [0.3, 0.4) is 0 Å². The van der Waals surface area contributed by atoms with Gasteiger partial charge in [0.2, 0.25) is 5.91 Å². The first kappa shape index (κ1) is 21.6. The number of anilines is 1. The van der Waals surface area contributed by atoms with E-state index in [9.17, 15) is 14.4 Å². The lowest BCUT2D eigenvalue weighted by molar-refractivity contribution is -0.135. The van der Waals surface area contributed by atoms with E-state index in [4.69, 9.17) is 0 Å². The molecule has 0 saturated carbocycles. The lowest BCUT2D eigenvalue weighted by Gasteiger charge is -2.30. The van der Waals surface area contributed by atoms with Crippen LogP contribution in [0.2, 0.25) is 0 Å². The molecular weight excluding hydrogens is 378 g/mol. The van der Waals surface area contributed by atoms with E-state index < -0.39 is 11.6 Å². The van der Waals surface area contributed by atoms with E-state index in [0.29, 0.717) is 6.42 Å². The molecule has 30 heavy (non-hydrogen) atoms. The SMILES string of the molecule is CC(C)CC1(c2ccccc2)NC(=O)N(CC(=O)N(c2ccccc2)C(C)C)C1=O. The minimum absolute atomic E-state index is 0.116. The molecule has 1 aliphatic rings. The van der Waals surface area contributed by atoms with Crippen LogP contribution in [0.5, 0.6) is 0 Å². The summed E-state index contributed by atoms with van der Waals surface area (Å²) in [5.74, 6) is -0.507. The Morgan fingerprint density at radius 3 is 2.07 bits per heavy atom. The first-order chi connectivity index (χ1) is 14.3. The summed E-state index contributed by atoms with van der Waals surface area (Å²) in [7, 11) is 0. The van der Waals surface area contributed by atoms with Gasteiger partial charge in [-0.05, 0) is 43.9 Å². The smallest absolute Gasteiger partial charge is 0.319 e. The Bertz CT molecular complexity index is 912. The van der Waals surface area contributed by atoms with E-state index in [1.807, 2.05) is 88.4 Å². The molecule has 1 unspecified atom stereocenters. The molecule has 0 aliphatic carbocycles. The molecule has 0 radical (unpaired) electrons. The Labute approximate surface area is 177 Å². The molecule has 0 aromatic heterocycles. The molecule has 4 amide bonds. The molecule has 1 aliphatic heterocycles. The highest BCUT2D eigenvalue weighted by Crippen LogP contribution is 2.35. The summed E-state index contributed by atoms with van der Waals surface area (Å²) in [5, 5.41) is 2.89. The Kier molecular flexibility index (Phi) is 6.25. The van der Waals surface area contributed by atoms with Crippen molar-refractivity contribution in [1.29, 1.82) is 0 Å². The normalized spacial score (nSPS) is 18.8. The number of rotatable bonds is 7. The summed E-state index contributed by atoms with van der Waals surface area (Å²) < 4.78 is 0. The fourth-order valence-corrected chi connectivity index (χ4v) is 4.09. The third kappa shape index (κ3) is 4.08. The number of benzene rings is 2. The lowest BCUT2D eigenvalue weighted by Crippen LogP contribution is -2.47. The number of imide groups is 1. The maximum Gasteiger partial charge on any atom is 0.325 e. The second-order valence-electron chi connectivity index (χ2n) is 8.38. The third-order valence-electron chi connectivity index (χ3n) is 5.27. The summed E-state index contributed by atoms with van der Waals surface area (Å²) >= 11 is 0. The van der Waals surface area contributed by atoms with Crippen molar-refractivity contribution < 1.29 is 14.4 Å². The summed E-state index contributed by atoms with van der Waals surface area (Å²) in [4.78, 5) is 42.2. The van der Waals surface area contributed by atoms with Gasteiger partial charge in [0, 0.05) is 11.7 Å². The lowest BCUT2D eigenvalue weighted by atomic mass is 9.82. The van der Waals surface area contributed by atoms with Crippen LogP contribution in [0, 0.1) is 5.92 Å². The van der Waals surface area contributed by atoms with Crippen LogP contribution in [-0.2, 0) is 15.1 Å². The van der Waals surface area contributed by atoms with E-state index >= 15 is 0 Å². The van der Waals surface area contributed by atoms with Gasteiger partial charge in [0.15, 0.2) is 0 Å². The molecule has 6 nitrogen and oxygen atoms in total. The van der Waals surface area contributed by atoms with Crippen LogP contribution in [0.25, 0.3) is 0 Å². The molecule has 1 heterocycles. The van der Waals surface area contributed by atoms with Gasteiger partial charge < -0.3 is 10.2 Å². The molecule has 1 atom stereocenters. The molecule has 1 saturated heterocycles. The monoisotopic (exact) mass is 407 g/mol. The van der Waals surface area contributed by atoms with Gasteiger partial charge in [0.05, 0.1) is 0 Å². The Balaban J connectivity index is 1.90. The first-order valence-electron chi connectivity index (χ1n) is 10.3. The topological polar surface area (TPSA) is 69.7 Å². The number of amides is 4. The summed E-state index contributed by atoms with van der Waals surface area (Å²) in [5.41, 5.74) is 0.319. The van der Waals surface area contributed by atoms with Crippen molar-refractivity contribution in [3.05, 3.63) is 66.2 Å². The summed E-state index contributed by atoms with van der Waals surface area (Å²) in [6, 6.07) is 17.9. The summed E-state index contributed by atoms with van der Waals surface area (Å²) in [6.07, 6.45) is 0.457. The molecule has 1 fully saturated rings. The zero-order chi connectivity index (χ0) is 21.9. The second kappa shape index (κ2) is 8.69. The standard InChI is InChI=1S/C24H29N3O3/c1-17(2)15-24(19-11-7-5-8-12-19)22(29)26(23(30)25-24)16-21(28)27(18(3)4)20-13-9-6-10-14-20/h5-14,17-18H,15-16H2,1-4H3,(H,25,30).